The van der Waals surface area contributed by atoms with Crippen molar-refractivity contribution in [3.05, 3.63) is 82.7 Å². The number of aromatic nitrogens is 2. The fourth-order valence-corrected chi connectivity index (χ4v) is 3.12. The average molecular weight is 389 g/mol. The summed E-state index contributed by atoms with van der Waals surface area (Å²) in [6.45, 7) is -0.499. The number of anilines is 1. The summed E-state index contributed by atoms with van der Waals surface area (Å²) in [4.78, 5) is 49.3. The van der Waals surface area contributed by atoms with E-state index in [0.29, 0.717) is 16.8 Å². The molecule has 4 rings (SSSR count). The minimum absolute atomic E-state index is 0.221. The monoisotopic (exact) mass is 389 g/mol. The first-order valence-corrected chi connectivity index (χ1v) is 8.72. The van der Waals surface area contributed by atoms with Crippen LogP contribution in [0.25, 0.3) is 0 Å². The van der Waals surface area contributed by atoms with Crippen LogP contribution in [0.5, 0.6) is 0 Å². The molecule has 1 aliphatic carbocycles. The number of nitrogens with zero attached hydrogens (tertiary/aromatic N) is 2. The molecule has 144 valence electrons. The number of amides is 1. The Kier molecular flexibility index (Phi) is 4.52. The van der Waals surface area contributed by atoms with E-state index in [4.69, 9.17) is 4.74 Å². The minimum Gasteiger partial charge on any atom is -0.452 e. The van der Waals surface area contributed by atoms with E-state index in [0.717, 1.165) is 0 Å². The third-order valence-electron chi connectivity index (χ3n) is 4.48. The molecule has 1 aromatic heterocycles. The smallest absolute Gasteiger partial charge is 0.341 e. The van der Waals surface area contributed by atoms with E-state index in [1.54, 1.807) is 31.3 Å². The third-order valence-corrected chi connectivity index (χ3v) is 4.48. The van der Waals surface area contributed by atoms with E-state index in [-0.39, 0.29) is 28.3 Å². The molecule has 0 aliphatic heterocycles. The second-order valence-corrected chi connectivity index (χ2v) is 6.49. The zero-order valence-electron chi connectivity index (χ0n) is 15.3. The lowest BCUT2D eigenvalue weighted by Gasteiger charge is -2.18. The van der Waals surface area contributed by atoms with Crippen LogP contribution < -0.4 is 5.32 Å². The fraction of sp³-hybridized carbons (Fsp3) is 0.0952. The molecule has 0 radical (unpaired) electrons. The van der Waals surface area contributed by atoms with Gasteiger partial charge in [-0.1, -0.05) is 24.3 Å². The van der Waals surface area contributed by atoms with Crippen LogP contribution in [-0.2, 0) is 16.6 Å². The molecule has 29 heavy (non-hydrogen) atoms. The molecule has 0 atom stereocenters. The summed E-state index contributed by atoms with van der Waals surface area (Å²) < 4.78 is 6.39. The molecule has 0 spiro atoms. The quantitative estimate of drug-likeness (QED) is 0.535. The number of benzene rings is 2. The topological polar surface area (TPSA) is 107 Å². The van der Waals surface area contributed by atoms with Crippen molar-refractivity contribution in [2.45, 2.75) is 0 Å². The largest absolute Gasteiger partial charge is 0.452 e. The summed E-state index contributed by atoms with van der Waals surface area (Å²) in [6, 6.07) is 11.1. The number of ketones is 2. The second kappa shape index (κ2) is 7.16. The molecule has 0 bridgehead atoms. The number of ether oxygens (including phenoxy) is 1. The zero-order chi connectivity index (χ0) is 20.5. The van der Waals surface area contributed by atoms with Gasteiger partial charge >= 0.3 is 5.97 Å². The van der Waals surface area contributed by atoms with Crippen molar-refractivity contribution >= 4 is 29.1 Å². The summed E-state index contributed by atoms with van der Waals surface area (Å²) >= 11 is 0. The van der Waals surface area contributed by atoms with E-state index in [1.807, 2.05) is 0 Å². The van der Waals surface area contributed by atoms with Gasteiger partial charge < -0.3 is 10.1 Å². The first-order chi connectivity index (χ1) is 13.9. The Balaban J connectivity index is 1.47. The maximum absolute atomic E-state index is 12.7. The van der Waals surface area contributed by atoms with Crippen molar-refractivity contribution in [3.8, 4) is 0 Å². The lowest BCUT2D eigenvalue weighted by atomic mass is 9.84. The molecule has 1 N–H and O–H groups in total. The Bertz CT molecular complexity index is 1180. The van der Waals surface area contributed by atoms with Gasteiger partial charge in [-0.05, 0) is 18.2 Å². The van der Waals surface area contributed by atoms with Crippen molar-refractivity contribution in [1.82, 2.24) is 9.78 Å². The predicted molar refractivity (Wildman–Crippen MR) is 102 cm³/mol. The van der Waals surface area contributed by atoms with E-state index in [2.05, 4.69) is 10.4 Å². The standard InChI is InChI=1S/C21H15N3O5/c1-24-10-12(9-22-24)21(28)29-11-18(25)23-13-6-7-16-17(8-13)20(27)15-5-3-2-4-14(15)19(16)26/h2-10H,11H2,1H3,(H,23,25). The normalized spacial score (nSPS) is 12.2. The first kappa shape index (κ1) is 18.3. The number of rotatable bonds is 4. The highest BCUT2D eigenvalue weighted by Gasteiger charge is 2.29. The maximum atomic E-state index is 12.7. The van der Waals surface area contributed by atoms with Crippen molar-refractivity contribution in [3.63, 3.8) is 0 Å². The molecule has 8 heteroatoms. The second-order valence-electron chi connectivity index (χ2n) is 6.49. The van der Waals surface area contributed by atoms with Crippen LogP contribution >= 0.6 is 0 Å². The molecule has 1 aliphatic rings. The number of hydrogen-bond acceptors (Lipinski definition) is 6. The highest BCUT2D eigenvalue weighted by atomic mass is 16.5. The minimum atomic E-state index is -0.670. The van der Waals surface area contributed by atoms with Gasteiger partial charge in [0.25, 0.3) is 5.91 Å². The summed E-state index contributed by atoms with van der Waals surface area (Å²) in [6.07, 6.45) is 2.81. The zero-order valence-corrected chi connectivity index (χ0v) is 15.3. The Morgan fingerprint density at radius 3 is 2.31 bits per heavy atom. The van der Waals surface area contributed by atoms with E-state index in [1.165, 1.54) is 35.3 Å². The lowest BCUT2D eigenvalue weighted by molar-refractivity contribution is -0.119. The van der Waals surface area contributed by atoms with E-state index in [9.17, 15) is 19.2 Å². The van der Waals surface area contributed by atoms with Gasteiger partial charge in [-0.3, -0.25) is 19.1 Å². The molecule has 8 nitrogen and oxygen atoms in total. The van der Waals surface area contributed by atoms with Gasteiger partial charge in [-0.25, -0.2) is 4.79 Å². The number of hydrogen-bond donors (Lipinski definition) is 1. The van der Waals surface area contributed by atoms with Crippen molar-refractivity contribution < 1.29 is 23.9 Å². The number of carbonyl (C=O) groups excluding carboxylic acids is 4. The van der Waals surface area contributed by atoms with Gasteiger partial charge in [0.05, 0.1) is 11.8 Å². The molecule has 2 aromatic carbocycles. The van der Waals surface area contributed by atoms with Gasteiger partial charge in [0.15, 0.2) is 18.2 Å². The lowest BCUT2D eigenvalue weighted by Crippen LogP contribution is -2.23. The summed E-state index contributed by atoms with van der Waals surface area (Å²) in [5.74, 6) is -1.76. The molecule has 1 heterocycles. The van der Waals surface area contributed by atoms with Crippen molar-refractivity contribution in [2.75, 3.05) is 11.9 Å². The van der Waals surface area contributed by atoms with Crippen LogP contribution in [-0.4, -0.2) is 39.8 Å². The Hall–Kier alpha value is -4.07. The van der Waals surface area contributed by atoms with Gasteiger partial charge in [-0.2, -0.15) is 5.10 Å². The van der Waals surface area contributed by atoms with Crippen LogP contribution in [0, 0.1) is 0 Å². The number of fused-ring (bicyclic) bond motifs is 2. The van der Waals surface area contributed by atoms with Crippen LogP contribution in [0.3, 0.4) is 0 Å². The fourth-order valence-electron chi connectivity index (χ4n) is 3.12. The molecule has 0 saturated heterocycles. The maximum Gasteiger partial charge on any atom is 0.341 e. The van der Waals surface area contributed by atoms with Crippen molar-refractivity contribution in [1.29, 1.82) is 0 Å². The number of esters is 1. The Morgan fingerprint density at radius 2 is 1.66 bits per heavy atom. The summed E-state index contributed by atoms with van der Waals surface area (Å²) in [7, 11) is 1.66. The van der Waals surface area contributed by atoms with Gasteiger partial charge in [-0.15, -0.1) is 0 Å². The molecule has 0 fully saturated rings. The molecule has 3 aromatic rings. The summed E-state index contributed by atoms with van der Waals surface area (Å²) in [5, 5.41) is 6.42. The van der Waals surface area contributed by atoms with Crippen molar-refractivity contribution in [2.24, 2.45) is 7.05 Å². The molecular weight excluding hydrogens is 374 g/mol. The first-order valence-electron chi connectivity index (χ1n) is 8.72. The molecule has 0 saturated carbocycles. The van der Waals surface area contributed by atoms with Crippen LogP contribution in [0.15, 0.2) is 54.9 Å². The van der Waals surface area contributed by atoms with Crippen LogP contribution in [0.4, 0.5) is 5.69 Å². The SMILES string of the molecule is Cn1cc(C(=O)OCC(=O)Nc2ccc3c(c2)C(=O)c2ccccc2C3=O)cn1. The Morgan fingerprint density at radius 1 is 1.00 bits per heavy atom. The van der Waals surface area contributed by atoms with Gasteiger partial charge in [0, 0.05) is 41.2 Å². The van der Waals surface area contributed by atoms with Gasteiger partial charge in [0.1, 0.15) is 0 Å². The number of carbonyl (C=O) groups is 4. The van der Waals surface area contributed by atoms with Crippen LogP contribution in [0.2, 0.25) is 0 Å². The highest BCUT2D eigenvalue weighted by Crippen LogP contribution is 2.29. The molecular formula is C21H15N3O5. The number of aryl methyl sites for hydroxylation is 1. The predicted octanol–water partition coefficient (Wildman–Crippen LogP) is 1.99. The van der Waals surface area contributed by atoms with E-state index < -0.39 is 18.5 Å². The molecule has 1 amide bonds. The number of nitrogens with one attached hydrogen (secondary N) is 1. The summed E-state index contributed by atoms with van der Waals surface area (Å²) in [5.41, 5.74) is 1.76. The average Bonchev–Trinajstić information content (AvgIpc) is 3.16. The van der Waals surface area contributed by atoms with Gasteiger partial charge in [0.2, 0.25) is 0 Å². The third kappa shape index (κ3) is 3.43. The Labute approximate surface area is 165 Å². The van der Waals surface area contributed by atoms with E-state index >= 15 is 0 Å². The highest BCUT2D eigenvalue weighted by molar-refractivity contribution is 6.28. The molecule has 0 unspecified atom stereocenters. The van der Waals surface area contributed by atoms with Crippen LogP contribution in [0.1, 0.15) is 42.2 Å².